The third-order valence-corrected chi connectivity index (χ3v) is 4.72. The Morgan fingerprint density at radius 2 is 2.29 bits per heavy atom. The minimum Gasteiger partial charge on any atom is -0.273 e. The lowest BCUT2D eigenvalue weighted by Crippen LogP contribution is -2.28. The molecule has 0 saturated heterocycles. The van der Waals surface area contributed by atoms with Crippen molar-refractivity contribution < 1.29 is 4.39 Å². The number of aromatic nitrogens is 2. The second-order valence-electron chi connectivity index (χ2n) is 4.96. The number of nitrogens with two attached hydrogens (primary N) is 1. The lowest BCUT2D eigenvalue weighted by atomic mass is 10.1. The van der Waals surface area contributed by atoms with Crippen molar-refractivity contribution in [1.29, 1.82) is 0 Å². The zero-order valence-electron chi connectivity index (χ0n) is 11.7. The van der Waals surface area contributed by atoms with E-state index >= 15 is 0 Å². The zero-order valence-corrected chi connectivity index (χ0v) is 12.5. The number of fused-ring (bicyclic) bond motifs is 1. The molecule has 0 aliphatic carbocycles. The molecule has 1 aromatic carbocycles. The highest BCUT2D eigenvalue weighted by Gasteiger charge is 2.15. The van der Waals surface area contributed by atoms with E-state index in [0.29, 0.717) is 0 Å². The molecule has 0 bridgehead atoms. The van der Waals surface area contributed by atoms with Gasteiger partial charge in [0, 0.05) is 22.3 Å². The van der Waals surface area contributed by atoms with Crippen molar-refractivity contribution in [3.05, 3.63) is 52.9 Å². The normalized spacial score (nSPS) is 12.9. The molecular formula is C15H17FN4S. The van der Waals surface area contributed by atoms with E-state index in [1.54, 1.807) is 17.4 Å². The van der Waals surface area contributed by atoms with Gasteiger partial charge < -0.3 is 0 Å². The monoisotopic (exact) mass is 304 g/mol. The van der Waals surface area contributed by atoms with Crippen molar-refractivity contribution in [2.24, 2.45) is 5.84 Å². The maximum atomic E-state index is 13.3. The molecule has 3 rings (SSSR count). The summed E-state index contributed by atoms with van der Waals surface area (Å²) in [5.41, 5.74) is 3.98. The Morgan fingerprint density at radius 3 is 3.00 bits per heavy atom. The highest BCUT2D eigenvalue weighted by molar-refractivity contribution is 7.19. The van der Waals surface area contributed by atoms with E-state index in [2.05, 4.69) is 17.4 Å². The van der Waals surface area contributed by atoms with Gasteiger partial charge in [-0.3, -0.25) is 16.0 Å². The van der Waals surface area contributed by atoms with Crippen LogP contribution in [0.3, 0.4) is 0 Å². The van der Waals surface area contributed by atoms with Gasteiger partial charge in [-0.2, -0.15) is 5.10 Å². The fourth-order valence-corrected chi connectivity index (χ4v) is 3.47. The molecule has 0 aliphatic rings. The summed E-state index contributed by atoms with van der Waals surface area (Å²) < 4.78 is 16.2. The van der Waals surface area contributed by atoms with Crippen LogP contribution >= 0.6 is 11.3 Å². The topological polar surface area (TPSA) is 55.9 Å². The highest BCUT2D eigenvalue weighted by Crippen LogP contribution is 2.31. The lowest BCUT2D eigenvalue weighted by Gasteiger charge is -2.12. The zero-order chi connectivity index (χ0) is 14.8. The summed E-state index contributed by atoms with van der Waals surface area (Å²) in [5.74, 6) is 5.48. The maximum absolute atomic E-state index is 13.3. The first-order valence-corrected chi connectivity index (χ1v) is 7.67. The van der Waals surface area contributed by atoms with E-state index in [4.69, 9.17) is 5.84 Å². The minimum absolute atomic E-state index is 0.0000302. The summed E-state index contributed by atoms with van der Waals surface area (Å²) in [6.07, 6.45) is 4.64. The average Bonchev–Trinajstić information content (AvgIpc) is 3.10. The molecule has 1 unspecified atom stereocenters. The second kappa shape index (κ2) is 5.93. The summed E-state index contributed by atoms with van der Waals surface area (Å²) in [7, 11) is 0. The number of halogens is 1. The maximum Gasteiger partial charge on any atom is 0.123 e. The molecule has 0 amide bonds. The Morgan fingerprint density at radius 1 is 1.43 bits per heavy atom. The smallest absolute Gasteiger partial charge is 0.123 e. The van der Waals surface area contributed by atoms with Crippen molar-refractivity contribution in [2.45, 2.75) is 25.9 Å². The molecule has 1 atom stereocenters. The molecule has 6 heteroatoms. The Labute approximate surface area is 126 Å². The fourth-order valence-electron chi connectivity index (χ4n) is 2.37. The standard InChI is InChI=1S/C15H17FN4S/c1-2-20-9-10(8-18-20)5-13(19-17)15-7-11-6-12(16)3-4-14(11)21-15/h3-4,6-9,13,19H,2,5,17H2,1H3. The first-order chi connectivity index (χ1) is 10.2. The van der Waals surface area contributed by atoms with Gasteiger partial charge in [-0.05, 0) is 48.6 Å². The Bertz CT molecular complexity index is 749. The number of aryl methyl sites for hydroxylation is 1. The van der Waals surface area contributed by atoms with Crippen LogP contribution in [0.1, 0.15) is 23.4 Å². The highest BCUT2D eigenvalue weighted by atomic mass is 32.1. The van der Waals surface area contributed by atoms with Gasteiger partial charge in [0.25, 0.3) is 0 Å². The van der Waals surface area contributed by atoms with E-state index in [0.717, 1.165) is 33.5 Å². The number of nitrogens with zero attached hydrogens (tertiary/aromatic N) is 2. The summed E-state index contributed by atoms with van der Waals surface area (Å²) in [6.45, 7) is 2.90. The van der Waals surface area contributed by atoms with Crippen LogP contribution in [0.4, 0.5) is 4.39 Å². The molecule has 0 aliphatic heterocycles. The number of hydrogen-bond acceptors (Lipinski definition) is 4. The van der Waals surface area contributed by atoms with Gasteiger partial charge in [0.05, 0.1) is 12.2 Å². The molecule has 4 nitrogen and oxygen atoms in total. The molecular weight excluding hydrogens is 287 g/mol. The number of thiophene rings is 1. The number of hydrogen-bond donors (Lipinski definition) is 2. The minimum atomic E-state index is -0.215. The summed E-state index contributed by atoms with van der Waals surface area (Å²) >= 11 is 1.63. The van der Waals surface area contributed by atoms with Crippen LogP contribution in [0.15, 0.2) is 36.7 Å². The van der Waals surface area contributed by atoms with Crippen LogP contribution < -0.4 is 11.3 Å². The van der Waals surface area contributed by atoms with Crippen molar-refractivity contribution in [1.82, 2.24) is 15.2 Å². The van der Waals surface area contributed by atoms with Crippen LogP contribution in [-0.2, 0) is 13.0 Å². The van der Waals surface area contributed by atoms with Gasteiger partial charge in [0.2, 0.25) is 0 Å². The molecule has 110 valence electrons. The molecule has 0 saturated carbocycles. The van der Waals surface area contributed by atoms with E-state index in [9.17, 15) is 4.39 Å². The summed E-state index contributed by atoms with van der Waals surface area (Å²) in [4.78, 5) is 1.10. The number of rotatable bonds is 5. The predicted molar refractivity (Wildman–Crippen MR) is 83.5 cm³/mol. The number of benzene rings is 1. The van der Waals surface area contributed by atoms with Crippen molar-refractivity contribution in [3.63, 3.8) is 0 Å². The predicted octanol–water partition coefficient (Wildman–Crippen LogP) is 3.00. The molecule has 0 fully saturated rings. The van der Waals surface area contributed by atoms with E-state index in [-0.39, 0.29) is 11.9 Å². The summed E-state index contributed by atoms with van der Waals surface area (Å²) in [5, 5.41) is 5.19. The first kappa shape index (κ1) is 14.2. The molecule has 3 aromatic rings. The molecule has 21 heavy (non-hydrogen) atoms. The summed E-state index contributed by atoms with van der Waals surface area (Å²) in [6, 6.07) is 6.84. The van der Waals surface area contributed by atoms with Crippen LogP contribution in [-0.4, -0.2) is 9.78 Å². The van der Waals surface area contributed by atoms with Crippen LogP contribution in [0.2, 0.25) is 0 Å². The second-order valence-corrected chi connectivity index (χ2v) is 6.07. The largest absolute Gasteiger partial charge is 0.273 e. The number of hydrazine groups is 1. The van der Waals surface area contributed by atoms with Gasteiger partial charge in [-0.25, -0.2) is 4.39 Å². The van der Waals surface area contributed by atoms with Gasteiger partial charge >= 0.3 is 0 Å². The van der Waals surface area contributed by atoms with Crippen LogP contribution in [0.25, 0.3) is 10.1 Å². The molecule has 2 aromatic heterocycles. The van der Waals surface area contributed by atoms with Gasteiger partial charge in [-0.15, -0.1) is 11.3 Å². The van der Waals surface area contributed by atoms with Crippen molar-refractivity contribution >= 4 is 21.4 Å². The average molecular weight is 304 g/mol. The number of nitrogens with one attached hydrogen (secondary N) is 1. The van der Waals surface area contributed by atoms with E-state index in [1.807, 2.05) is 29.2 Å². The molecule has 0 spiro atoms. The molecule has 3 N–H and O–H groups in total. The van der Waals surface area contributed by atoms with Gasteiger partial charge in [0.1, 0.15) is 5.82 Å². The fraction of sp³-hybridized carbons (Fsp3) is 0.267. The van der Waals surface area contributed by atoms with Gasteiger partial charge in [-0.1, -0.05) is 0 Å². The van der Waals surface area contributed by atoms with Crippen LogP contribution in [0, 0.1) is 5.82 Å². The van der Waals surface area contributed by atoms with Crippen LogP contribution in [0.5, 0.6) is 0 Å². The SMILES string of the molecule is CCn1cc(CC(NN)c2cc3cc(F)ccc3s2)cn1. The van der Waals surface area contributed by atoms with E-state index < -0.39 is 0 Å². The van der Waals surface area contributed by atoms with Crippen molar-refractivity contribution in [3.8, 4) is 0 Å². The Kier molecular flexibility index (Phi) is 4.01. The van der Waals surface area contributed by atoms with E-state index in [1.165, 1.54) is 6.07 Å². The quantitative estimate of drug-likeness (QED) is 0.563. The van der Waals surface area contributed by atoms with Crippen molar-refractivity contribution in [2.75, 3.05) is 0 Å². The Hall–Kier alpha value is -1.76. The molecule has 2 heterocycles. The molecule has 0 radical (unpaired) electrons. The van der Waals surface area contributed by atoms with Gasteiger partial charge in [0.15, 0.2) is 0 Å². The Balaban J connectivity index is 1.86. The third-order valence-electron chi connectivity index (χ3n) is 3.49. The lowest BCUT2D eigenvalue weighted by molar-refractivity contribution is 0.560. The first-order valence-electron chi connectivity index (χ1n) is 6.86. The third kappa shape index (κ3) is 2.97.